The predicted molar refractivity (Wildman–Crippen MR) is 232 cm³/mol. The highest BCUT2D eigenvalue weighted by atomic mass is 16.5. The van der Waals surface area contributed by atoms with Crippen LogP contribution in [0.3, 0.4) is 0 Å². The number of unbranched alkanes of at least 4 members (excludes halogenated alkanes) is 34. The van der Waals surface area contributed by atoms with Gasteiger partial charge in [0.05, 0.1) is 25.4 Å². The number of aliphatic hydroxyl groups excluding tert-OH is 2. The molecule has 0 saturated heterocycles. The molecule has 0 saturated carbocycles. The number of ether oxygens (including phenoxy) is 1. The number of hydrogen-bond acceptors (Lipinski definition) is 5. The van der Waals surface area contributed by atoms with Gasteiger partial charge in [-0.3, -0.25) is 9.59 Å². The van der Waals surface area contributed by atoms with Crippen LogP contribution in [0.25, 0.3) is 0 Å². The monoisotopic (exact) mass is 766 g/mol. The van der Waals surface area contributed by atoms with Gasteiger partial charge in [-0.1, -0.05) is 232 Å². The fraction of sp³-hybridized carbons (Fsp3) is 0.958. The summed E-state index contributed by atoms with van der Waals surface area (Å²) in [6.45, 7) is 4.92. The van der Waals surface area contributed by atoms with Crippen molar-refractivity contribution >= 4 is 11.9 Å². The van der Waals surface area contributed by atoms with E-state index in [9.17, 15) is 19.8 Å². The second-order valence-corrected chi connectivity index (χ2v) is 16.8. The summed E-state index contributed by atoms with van der Waals surface area (Å²) in [6.07, 6.45) is 47.7. The van der Waals surface area contributed by atoms with Gasteiger partial charge in [-0.25, -0.2) is 0 Å². The minimum absolute atomic E-state index is 0.00916. The summed E-state index contributed by atoms with van der Waals surface area (Å²) in [6, 6.07) is -0.550. The highest BCUT2D eigenvalue weighted by Gasteiger charge is 2.20. The lowest BCUT2D eigenvalue weighted by molar-refractivity contribution is -0.143. The van der Waals surface area contributed by atoms with Crippen LogP contribution in [0.4, 0.5) is 0 Å². The molecule has 0 bridgehead atoms. The Morgan fingerprint density at radius 1 is 0.444 bits per heavy atom. The maximum Gasteiger partial charge on any atom is 0.305 e. The van der Waals surface area contributed by atoms with Crippen molar-refractivity contribution in [2.75, 3.05) is 13.2 Å². The van der Waals surface area contributed by atoms with Crippen LogP contribution in [0.15, 0.2) is 0 Å². The number of hydrogen-bond donors (Lipinski definition) is 3. The van der Waals surface area contributed by atoms with E-state index in [1.807, 2.05) is 0 Å². The molecule has 0 heterocycles. The fourth-order valence-corrected chi connectivity index (χ4v) is 7.64. The number of nitrogens with one attached hydrogen (secondary N) is 1. The first-order valence-electron chi connectivity index (χ1n) is 24.3. The topological polar surface area (TPSA) is 95.9 Å². The summed E-state index contributed by atoms with van der Waals surface area (Å²) in [4.78, 5) is 24.4. The van der Waals surface area contributed by atoms with E-state index in [4.69, 9.17) is 4.74 Å². The maximum absolute atomic E-state index is 12.4. The molecule has 3 N–H and O–H groups in total. The van der Waals surface area contributed by atoms with Crippen LogP contribution in [-0.2, 0) is 14.3 Å². The van der Waals surface area contributed by atoms with Crippen LogP contribution in [0.2, 0.25) is 0 Å². The fourth-order valence-electron chi connectivity index (χ4n) is 7.64. The molecule has 0 aliphatic rings. The molecule has 0 aliphatic carbocycles. The average Bonchev–Trinajstić information content (AvgIpc) is 3.17. The molecule has 322 valence electrons. The third kappa shape index (κ3) is 40.5. The third-order valence-electron chi connectivity index (χ3n) is 11.4. The van der Waals surface area contributed by atoms with Crippen molar-refractivity contribution in [1.82, 2.24) is 5.32 Å². The molecule has 0 fully saturated rings. The standard InChI is InChI=1S/C48H95NO5/c1-3-5-7-9-11-13-15-16-17-21-24-28-32-36-40-46(51)45(44-50)49-47(52)41-37-33-29-25-22-18-19-23-27-31-35-39-43-54-48(53)42-38-34-30-26-20-14-12-10-8-6-4-2/h45-46,50-51H,3-44H2,1-2H3,(H,49,52). The van der Waals surface area contributed by atoms with Gasteiger partial charge in [0.2, 0.25) is 5.91 Å². The van der Waals surface area contributed by atoms with Crippen molar-refractivity contribution in [2.45, 2.75) is 283 Å². The average molecular weight is 766 g/mol. The number of amides is 1. The molecular formula is C48H95NO5. The first kappa shape index (κ1) is 52.9. The molecule has 1 amide bonds. The normalized spacial score (nSPS) is 12.6. The largest absolute Gasteiger partial charge is 0.466 e. The Morgan fingerprint density at radius 3 is 1.13 bits per heavy atom. The maximum atomic E-state index is 12.4. The number of esters is 1. The molecule has 6 heteroatoms. The van der Waals surface area contributed by atoms with Crippen LogP contribution in [0.1, 0.15) is 271 Å². The lowest BCUT2D eigenvalue weighted by atomic mass is 10.0. The van der Waals surface area contributed by atoms with Crippen molar-refractivity contribution in [1.29, 1.82) is 0 Å². The highest BCUT2D eigenvalue weighted by molar-refractivity contribution is 5.76. The Bertz CT molecular complexity index is 761. The molecule has 0 rings (SSSR count). The van der Waals surface area contributed by atoms with Crippen LogP contribution in [0, 0.1) is 0 Å². The summed E-state index contributed by atoms with van der Waals surface area (Å²) in [5.41, 5.74) is 0. The van der Waals surface area contributed by atoms with E-state index in [2.05, 4.69) is 19.2 Å². The molecule has 0 aromatic rings. The highest BCUT2D eigenvalue weighted by Crippen LogP contribution is 2.16. The Kier molecular flexibility index (Phi) is 43.6. The SMILES string of the molecule is CCCCCCCCCCCCCCCCC(O)C(CO)NC(=O)CCCCCCCCCCCCCCOC(=O)CCCCCCCCCCCCC. The predicted octanol–water partition coefficient (Wildman–Crippen LogP) is 14.0. The van der Waals surface area contributed by atoms with Crippen LogP contribution < -0.4 is 5.32 Å². The third-order valence-corrected chi connectivity index (χ3v) is 11.4. The van der Waals surface area contributed by atoms with Gasteiger partial charge in [-0.15, -0.1) is 0 Å². The molecule has 54 heavy (non-hydrogen) atoms. The van der Waals surface area contributed by atoms with Crippen molar-refractivity contribution in [3.05, 3.63) is 0 Å². The van der Waals surface area contributed by atoms with Crippen molar-refractivity contribution < 1.29 is 24.5 Å². The molecule has 0 aliphatic heterocycles. The molecule has 2 unspecified atom stereocenters. The van der Waals surface area contributed by atoms with E-state index in [0.29, 0.717) is 25.9 Å². The summed E-state index contributed by atoms with van der Waals surface area (Å²) in [5, 5.41) is 23.2. The Morgan fingerprint density at radius 2 is 0.759 bits per heavy atom. The second kappa shape index (κ2) is 44.6. The van der Waals surface area contributed by atoms with E-state index in [1.54, 1.807) is 0 Å². The van der Waals surface area contributed by atoms with Crippen LogP contribution >= 0.6 is 0 Å². The molecular weight excluding hydrogens is 671 g/mol. The molecule has 2 atom stereocenters. The van der Waals surface area contributed by atoms with Crippen molar-refractivity contribution in [3.63, 3.8) is 0 Å². The summed E-state index contributed by atoms with van der Waals surface area (Å²) in [5.74, 6) is -0.0584. The smallest absolute Gasteiger partial charge is 0.305 e. The van der Waals surface area contributed by atoms with E-state index in [0.717, 1.165) is 57.8 Å². The zero-order chi connectivity index (χ0) is 39.4. The molecule has 0 aromatic heterocycles. The molecule has 0 radical (unpaired) electrons. The lowest BCUT2D eigenvalue weighted by Crippen LogP contribution is -2.45. The Balaban J connectivity index is 3.46. The molecule has 0 aromatic carbocycles. The lowest BCUT2D eigenvalue weighted by Gasteiger charge is -2.22. The zero-order valence-electron chi connectivity index (χ0n) is 36.5. The minimum atomic E-state index is -0.672. The molecule has 0 spiro atoms. The Hall–Kier alpha value is -1.14. The van der Waals surface area contributed by atoms with Gasteiger partial charge in [0.15, 0.2) is 0 Å². The second-order valence-electron chi connectivity index (χ2n) is 16.8. The van der Waals surface area contributed by atoms with E-state index in [-0.39, 0.29) is 18.5 Å². The van der Waals surface area contributed by atoms with E-state index >= 15 is 0 Å². The van der Waals surface area contributed by atoms with E-state index < -0.39 is 12.1 Å². The first-order valence-corrected chi connectivity index (χ1v) is 24.3. The summed E-state index contributed by atoms with van der Waals surface area (Å²) >= 11 is 0. The van der Waals surface area contributed by atoms with Gasteiger partial charge in [0.25, 0.3) is 0 Å². The zero-order valence-corrected chi connectivity index (χ0v) is 36.5. The van der Waals surface area contributed by atoms with E-state index in [1.165, 1.54) is 180 Å². The molecule has 6 nitrogen and oxygen atoms in total. The van der Waals surface area contributed by atoms with Gasteiger partial charge >= 0.3 is 5.97 Å². The quantitative estimate of drug-likeness (QED) is 0.0424. The minimum Gasteiger partial charge on any atom is -0.466 e. The van der Waals surface area contributed by atoms with Crippen LogP contribution in [0.5, 0.6) is 0 Å². The Labute approximate surface area is 336 Å². The van der Waals surface area contributed by atoms with Crippen LogP contribution in [-0.4, -0.2) is 47.4 Å². The number of carbonyl (C=O) groups excluding carboxylic acids is 2. The number of aliphatic hydroxyl groups is 2. The summed E-state index contributed by atoms with van der Waals surface area (Å²) < 4.78 is 5.44. The summed E-state index contributed by atoms with van der Waals surface area (Å²) in [7, 11) is 0. The van der Waals surface area contributed by atoms with Gasteiger partial charge in [0.1, 0.15) is 0 Å². The van der Waals surface area contributed by atoms with Gasteiger partial charge in [-0.2, -0.15) is 0 Å². The first-order chi connectivity index (χ1) is 26.5. The number of carbonyl (C=O) groups is 2. The van der Waals surface area contributed by atoms with Crippen molar-refractivity contribution in [3.8, 4) is 0 Å². The van der Waals surface area contributed by atoms with Gasteiger partial charge in [0, 0.05) is 12.8 Å². The number of rotatable bonds is 45. The van der Waals surface area contributed by atoms with Crippen molar-refractivity contribution in [2.24, 2.45) is 0 Å². The van der Waals surface area contributed by atoms with Gasteiger partial charge in [-0.05, 0) is 25.7 Å². The van der Waals surface area contributed by atoms with Gasteiger partial charge < -0.3 is 20.3 Å².